The minimum atomic E-state index is -0.671. The smallest absolute Gasteiger partial charge is 0.234 e. The molecule has 3 rings (SSSR count). The van der Waals surface area contributed by atoms with Crippen molar-refractivity contribution in [2.45, 2.75) is 6.04 Å². The van der Waals surface area contributed by atoms with E-state index < -0.39 is 12.0 Å². The number of nitrogens with two attached hydrogens (primary N) is 1. The van der Waals surface area contributed by atoms with Gasteiger partial charge in [-0.2, -0.15) is 0 Å². The standard InChI is InChI=1S/C18H16N2O2/c19-16(12-7-3-1-4-8-12)15-14(11-21)17(20-18(15)22)13-9-5-2-6-10-13/h1-11,15-16H,19H2,(H,20,22). The van der Waals surface area contributed by atoms with Crippen molar-refractivity contribution in [3.05, 3.63) is 77.4 Å². The molecule has 0 bridgehead atoms. The van der Waals surface area contributed by atoms with Crippen LogP contribution in [0.3, 0.4) is 0 Å². The monoisotopic (exact) mass is 292 g/mol. The van der Waals surface area contributed by atoms with Crippen LogP contribution in [-0.4, -0.2) is 12.2 Å². The number of hydrogen-bond donors (Lipinski definition) is 2. The Morgan fingerprint density at radius 2 is 1.59 bits per heavy atom. The first-order chi connectivity index (χ1) is 10.7. The average Bonchev–Trinajstić information content (AvgIpc) is 2.92. The third kappa shape index (κ3) is 2.44. The van der Waals surface area contributed by atoms with Gasteiger partial charge in [-0.3, -0.25) is 9.59 Å². The Hall–Kier alpha value is -2.72. The molecule has 110 valence electrons. The molecule has 0 aliphatic carbocycles. The van der Waals surface area contributed by atoms with E-state index in [4.69, 9.17) is 5.73 Å². The number of nitrogens with one attached hydrogen (secondary N) is 1. The fourth-order valence-corrected chi connectivity index (χ4v) is 2.77. The summed E-state index contributed by atoms with van der Waals surface area (Å²) in [7, 11) is 0. The predicted molar refractivity (Wildman–Crippen MR) is 84.4 cm³/mol. The van der Waals surface area contributed by atoms with Crippen molar-refractivity contribution >= 4 is 17.9 Å². The van der Waals surface area contributed by atoms with E-state index in [0.717, 1.165) is 17.4 Å². The van der Waals surface area contributed by atoms with Crippen molar-refractivity contribution in [2.24, 2.45) is 11.7 Å². The zero-order chi connectivity index (χ0) is 15.5. The maximum absolute atomic E-state index is 12.4. The van der Waals surface area contributed by atoms with Gasteiger partial charge in [0.05, 0.1) is 11.6 Å². The fraction of sp³-hybridized carbons (Fsp3) is 0.111. The minimum Gasteiger partial charge on any atom is -0.325 e. The summed E-state index contributed by atoms with van der Waals surface area (Å²) < 4.78 is 0. The van der Waals surface area contributed by atoms with Crippen molar-refractivity contribution in [1.82, 2.24) is 5.32 Å². The Bertz CT molecular complexity index is 723. The molecule has 0 aromatic heterocycles. The van der Waals surface area contributed by atoms with Crippen molar-refractivity contribution in [1.29, 1.82) is 0 Å². The number of rotatable bonds is 4. The van der Waals surface area contributed by atoms with Crippen LogP contribution in [0.1, 0.15) is 17.2 Å². The lowest BCUT2D eigenvalue weighted by atomic mass is 9.88. The fourth-order valence-electron chi connectivity index (χ4n) is 2.77. The van der Waals surface area contributed by atoms with E-state index in [2.05, 4.69) is 5.32 Å². The molecule has 1 aliphatic heterocycles. The maximum atomic E-state index is 12.4. The van der Waals surface area contributed by atoms with Gasteiger partial charge in [0.1, 0.15) is 6.29 Å². The largest absolute Gasteiger partial charge is 0.325 e. The molecule has 2 aromatic carbocycles. The van der Waals surface area contributed by atoms with Crippen LogP contribution in [0.5, 0.6) is 0 Å². The lowest BCUT2D eigenvalue weighted by Crippen LogP contribution is -2.31. The number of hydrogen-bond acceptors (Lipinski definition) is 3. The zero-order valence-corrected chi connectivity index (χ0v) is 11.9. The highest BCUT2D eigenvalue weighted by molar-refractivity contribution is 6.07. The van der Waals surface area contributed by atoms with Crippen LogP contribution >= 0.6 is 0 Å². The maximum Gasteiger partial charge on any atom is 0.234 e. The quantitative estimate of drug-likeness (QED) is 0.847. The third-order valence-electron chi connectivity index (χ3n) is 3.89. The molecule has 1 heterocycles. The summed E-state index contributed by atoms with van der Waals surface area (Å²) in [6, 6.07) is 18.1. The van der Waals surface area contributed by atoms with E-state index in [1.54, 1.807) is 0 Å². The molecule has 0 saturated heterocycles. The highest BCUT2D eigenvalue weighted by Crippen LogP contribution is 2.34. The first-order valence-corrected chi connectivity index (χ1v) is 7.08. The zero-order valence-electron chi connectivity index (χ0n) is 11.9. The van der Waals surface area contributed by atoms with Gasteiger partial charge in [0, 0.05) is 11.6 Å². The normalized spacial score (nSPS) is 19.0. The molecule has 4 nitrogen and oxygen atoms in total. The molecule has 22 heavy (non-hydrogen) atoms. The van der Waals surface area contributed by atoms with Gasteiger partial charge in [-0.1, -0.05) is 60.7 Å². The van der Waals surface area contributed by atoms with Crippen LogP contribution in [0, 0.1) is 5.92 Å². The molecule has 1 amide bonds. The molecule has 3 N–H and O–H groups in total. The van der Waals surface area contributed by atoms with Gasteiger partial charge >= 0.3 is 0 Å². The third-order valence-corrected chi connectivity index (χ3v) is 3.89. The van der Waals surface area contributed by atoms with E-state index >= 15 is 0 Å². The van der Waals surface area contributed by atoms with Gasteiger partial charge < -0.3 is 11.1 Å². The lowest BCUT2D eigenvalue weighted by Gasteiger charge is -2.18. The van der Waals surface area contributed by atoms with Crippen molar-refractivity contribution in [2.75, 3.05) is 0 Å². The Morgan fingerprint density at radius 3 is 2.18 bits per heavy atom. The van der Waals surface area contributed by atoms with E-state index in [1.807, 2.05) is 60.7 Å². The van der Waals surface area contributed by atoms with Crippen molar-refractivity contribution in [3.8, 4) is 0 Å². The highest BCUT2D eigenvalue weighted by atomic mass is 16.2. The molecular weight excluding hydrogens is 276 g/mol. The van der Waals surface area contributed by atoms with Gasteiger partial charge in [-0.25, -0.2) is 0 Å². The summed E-state index contributed by atoms with van der Waals surface area (Å²) in [4.78, 5) is 23.9. The molecule has 2 atom stereocenters. The van der Waals surface area contributed by atoms with Crippen LogP contribution in [0.4, 0.5) is 0 Å². The summed E-state index contributed by atoms with van der Waals surface area (Å²) in [5, 5.41) is 2.80. The van der Waals surface area contributed by atoms with Crippen LogP contribution in [-0.2, 0) is 9.59 Å². The molecule has 0 radical (unpaired) electrons. The van der Waals surface area contributed by atoms with Gasteiger partial charge in [-0.15, -0.1) is 0 Å². The topological polar surface area (TPSA) is 72.2 Å². The molecule has 4 heteroatoms. The highest BCUT2D eigenvalue weighted by Gasteiger charge is 2.38. The Labute approximate surface area is 128 Å². The second-order valence-electron chi connectivity index (χ2n) is 5.22. The van der Waals surface area contributed by atoms with Crippen molar-refractivity contribution < 1.29 is 9.59 Å². The minimum absolute atomic E-state index is 0.239. The number of carbonyl (C=O) groups excluding carboxylic acids is 2. The average molecular weight is 292 g/mol. The SMILES string of the molecule is NC(c1ccccc1)C1C(=O)NC(c2ccccc2)=C1C=O. The summed E-state index contributed by atoms with van der Waals surface area (Å²) in [5.41, 5.74) is 8.84. The van der Waals surface area contributed by atoms with E-state index in [-0.39, 0.29) is 5.91 Å². The van der Waals surface area contributed by atoms with Gasteiger partial charge in [0.2, 0.25) is 5.91 Å². The Balaban J connectivity index is 2.03. The number of amides is 1. The van der Waals surface area contributed by atoms with Crippen LogP contribution < -0.4 is 11.1 Å². The second-order valence-corrected chi connectivity index (χ2v) is 5.22. The molecule has 0 fully saturated rings. The second kappa shape index (κ2) is 5.95. The molecule has 0 saturated carbocycles. The lowest BCUT2D eigenvalue weighted by molar-refractivity contribution is -0.123. The molecule has 2 aromatic rings. The van der Waals surface area contributed by atoms with Crippen molar-refractivity contribution in [3.63, 3.8) is 0 Å². The summed E-state index contributed by atoms with van der Waals surface area (Å²) in [6.45, 7) is 0. The first kappa shape index (κ1) is 14.2. The van der Waals surface area contributed by atoms with E-state index in [0.29, 0.717) is 11.3 Å². The van der Waals surface area contributed by atoms with E-state index in [9.17, 15) is 9.59 Å². The van der Waals surface area contributed by atoms with Crippen LogP contribution in [0.25, 0.3) is 5.70 Å². The Morgan fingerprint density at radius 1 is 1.00 bits per heavy atom. The van der Waals surface area contributed by atoms with Crippen LogP contribution in [0.15, 0.2) is 66.2 Å². The first-order valence-electron chi connectivity index (χ1n) is 7.08. The summed E-state index contributed by atoms with van der Waals surface area (Å²) in [6.07, 6.45) is 0.730. The van der Waals surface area contributed by atoms with Gasteiger partial charge in [-0.05, 0) is 11.1 Å². The van der Waals surface area contributed by atoms with Gasteiger partial charge in [0.25, 0.3) is 0 Å². The molecule has 2 unspecified atom stereocenters. The van der Waals surface area contributed by atoms with E-state index in [1.165, 1.54) is 0 Å². The Kier molecular flexibility index (Phi) is 3.85. The number of benzene rings is 2. The summed E-state index contributed by atoms with van der Waals surface area (Å²) >= 11 is 0. The van der Waals surface area contributed by atoms with Gasteiger partial charge in [0.15, 0.2) is 0 Å². The number of carbonyl (C=O) groups is 2. The number of aldehydes is 1. The predicted octanol–water partition coefficient (Wildman–Crippen LogP) is 2.04. The molecule has 1 aliphatic rings. The molecular formula is C18H16N2O2. The summed E-state index contributed by atoms with van der Waals surface area (Å²) in [5.74, 6) is -0.910. The molecule has 0 spiro atoms. The van der Waals surface area contributed by atoms with Crippen LogP contribution in [0.2, 0.25) is 0 Å².